The van der Waals surface area contributed by atoms with E-state index in [1.54, 1.807) is 11.7 Å². The molecule has 0 aliphatic heterocycles. The van der Waals surface area contributed by atoms with Crippen molar-refractivity contribution in [2.24, 2.45) is 18.7 Å². The molecule has 0 aromatic carbocycles. The van der Waals surface area contributed by atoms with Gasteiger partial charge in [0.05, 0.1) is 11.7 Å². The van der Waals surface area contributed by atoms with Crippen LogP contribution in [0.2, 0.25) is 0 Å². The van der Waals surface area contributed by atoms with Gasteiger partial charge in [-0.2, -0.15) is 5.10 Å². The quantitative estimate of drug-likeness (QED) is 0.802. The lowest BCUT2D eigenvalue weighted by Gasteiger charge is -2.17. The van der Waals surface area contributed by atoms with Gasteiger partial charge in [0.2, 0.25) is 5.91 Å². The third-order valence-corrected chi connectivity index (χ3v) is 2.81. The molecule has 0 bridgehead atoms. The van der Waals surface area contributed by atoms with E-state index >= 15 is 0 Å². The van der Waals surface area contributed by atoms with Gasteiger partial charge in [0.25, 0.3) is 0 Å². The number of aryl methyl sites for hydroxylation is 2. The Balaban J connectivity index is 2.67. The van der Waals surface area contributed by atoms with Gasteiger partial charge in [-0.1, -0.05) is 20.3 Å². The maximum atomic E-state index is 11.8. The third-order valence-electron chi connectivity index (χ3n) is 2.81. The number of nitrogens with two attached hydrogens (primary N) is 1. The van der Waals surface area contributed by atoms with Crippen LogP contribution in [-0.4, -0.2) is 21.7 Å². The summed E-state index contributed by atoms with van der Waals surface area (Å²) in [4.78, 5) is 11.8. The number of aromatic nitrogens is 2. The van der Waals surface area contributed by atoms with E-state index in [2.05, 4.69) is 10.4 Å². The smallest absolute Gasteiger partial charge is 0.242 e. The Kier molecular flexibility index (Phi) is 4.06. The number of nitrogens with one attached hydrogen (secondary N) is 1. The van der Waals surface area contributed by atoms with Crippen LogP contribution in [0.15, 0.2) is 6.07 Å². The van der Waals surface area contributed by atoms with Gasteiger partial charge in [-0.05, 0) is 12.8 Å². The highest BCUT2D eigenvalue weighted by Crippen LogP contribution is 2.11. The molecule has 2 atom stereocenters. The summed E-state index contributed by atoms with van der Waals surface area (Å²) >= 11 is 0. The van der Waals surface area contributed by atoms with Crippen molar-refractivity contribution >= 4 is 11.7 Å². The molecular weight excluding hydrogens is 204 g/mol. The summed E-state index contributed by atoms with van der Waals surface area (Å²) < 4.78 is 1.64. The van der Waals surface area contributed by atoms with Crippen LogP contribution in [0.3, 0.4) is 0 Å². The van der Waals surface area contributed by atoms with Gasteiger partial charge >= 0.3 is 0 Å². The van der Waals surface area contributed by atoms with Crippen molar-refractivity contribution in [3.63, 3.8) is 0 Å². The minimum absolute atomic E-state index is 0.155. The Morgan fingerprint density at radius 1 is 1.69 bits per heavy atom. The molecule has 3 N–H and O–H groups in total. The van der Waals surface area contributed by atoms with Crippen molar-refractivity contribution in [1.29, 1.82) is 0 Å². The zero-order chi connectivity index (χ0) is 12.3. The first kappa shape index (κ1) is 12.7. The van der Waals surface area contributed by atoms with Crippen LogP contribution in [0.4, 0.5) is 5.82 Å². The van der Waals surface area contributed by atoms with E-state index in [9.17, 15) is 4.79 Å². The molecule has 1 rings (SSSR count). The number of nitrogens with zero attached hydrogens (tertiary/aromatic N) is 2. The first-order valence-corrected chi connectivity index (χ1v) is 5.52. The van der Waals surface area contributed by atoms with Gasteiger partial charge in [0.1, 0.15) is 5.82 Å². The summed E-state index contributed by atoms with van der Waals surface area (Å²) in [5.74, 6) is 0.702. The fraction of sp³-hybridized carbons (Fsp3) is 0.636. The Bertz CT molecular complexity index is 372. The van der Waals surface area contributed by atoms with Crippen molar-refractivity contribution in [3.8, 4) is 0 Å². The SMILES string of the molecule is CC[C@H](C)[C@H](N)C(=O)Nc1cc(C)nn1C. The number of hydrogen-bond donors (Lipinski definition) is 2. The molecule has 0 unspecified atom stereocenters. The fourth-order valence-corrected chi connectivity index (χ4v) is 1.45. The fourth-order valence-electron chi connectivity index (χ4n) is 1.45. The lowest BCUT2D eigenvalue weighted by molar-refractivity contribution is -0.118. The molecule has 5 nitrogen and oxygen atoms in total. The highest BCUT2D eigenvalue weighted by atomic mass is 16.2. The molecular formula is C11H20N4O. The summed E-state index contributed by atoms with van der Waals surface area (Å²) in [6, 6.07) is 1.35. The predicted octanol–water partition coefficient (Wildman–Crippen LogP) is 1.04. The van der Waals surface area contributed by atoms with Crippen LogP contribution in [-0.2, 0) is 11.8 Å². The molecule has 1 amide bonds. The maximum Gasteiger partial charge on any atom is 0.242 e. The van der Waals surface area contributed by atoms with E-state index in [-0.39, 0.29) is 11.8 Å². The number of carbonyl (C=O) groups is 1. The van der Waals surface area contributed by atoms with Gasteiger partial charge < -0.3 is 11.1 Å². The average molecular weight is 224 g/mol. The zero-order valence-corrected chi connectivity index (χ0v) is 10.3. The summed E-state index contributed by atoms with van der Waals surface area (Å²) in [7, 11) is 1.79. The molecule has 1 heterocycles. The highest BCUT2D eigenvalue weighted by molar-refractivity contribution is 5.94. The number of anilines is 1. The minimum atomic E-state index is -0.472. The van der Waals surface area contributed by atoms with Crippen molar-refractivity contribution in [3.05, 3.63) is 11.8 Å². The second-order valence-electron chi connectivity index (χ2n) is 4.20. The first-order valence-electron chi connectivity index (χ1n) is 5.52. The van der Waals surface area contributed by atoms with Crippen molar-refractivity contribution in [1.82, 2.24) is 9.78 Å². The molecule has 1 aromatic rings. The summed E-state index contributed by atoms with van der Waals surface area (Å²) in [6.07, 6.45) is 0.888. The second-order valence-corrected chi connectivity index (χ2v) is 4.20. The van der Waals surface area contributed by atoms with Gasteiger partial charge in [-0.25, -0.2) is 0 Å². The average Bonchev–Trinajstić information content (AvgIpc) is 2.55. The van der Waals surface area contributed by atoms with Crippen molar-refractivity contribution < 1.29 is 4.79 Å². The van der Waals surface area contributed by atoms with E-state index in [1.165, 1.54) is 0 Å². The van der Waals surface area contributed by atoms with E-state index in [0.29, 0.717) is 5.82 Å². The van der Waals surface area contributed by atoms with E-state index < -0.39 is 6.04 Å². The molecule has 0 fully saturated rings. The number of rotatable bonds is 4. The molecule has 1 aromatic heterocycles. The summed E-state index contributed by atoms with van der Waals surface area (Å²) in [5.41, 5.74) is 6.70. The molecule has 0 radical (unpaired) electrons. The van der Waals surface area contributed by atoms with Crippen LogP contribution in [0, 0.1) is 12.8 Å². The van der Waals surface area contributed by atoms with Crippen LogP contribution >= 0.6 is 0 Å². The molecule has 5 heteroatoms. The van der Waals surface area contributed by atoms with Crippen LogP contribution in [0.1, 0.15) is 26.0 Å². The molecule has 0 saturated heterocycles. The van der Waals surface area contributed by atoms with Crippen LogP contribution in [0.25, 0.3) is 0 Å². The minimum Gasteiger partial charge on any atom is -0.320 e. The Morgan fingerprint density at radius 2 is 2.31 bits per heavy atom. The molecule has 16 heavy (non-hydrogen) atoms. The molecule has 0 aliphatic carbocycles. The zero-order valence-electron chi connectivity index (χ0n) is 10.3. The number of hydrogen-bond acceptors (Lipinski definition) is 3. The topological polar surface area (TPSA) is 72.9 Å². The standard InChI is InChI=1S/C11H20N4O/c1-5-7(2)10(12)11(16)13-9-6-8(3)14-15(9)4/h6-7,10H,5,12H2,1-4H3,(H,13,16)/t7-,10-/m0/s1. The first-order chi connectivity index (χ1) is 7.45. The molecule has 0 saturated carbocycles. The lowest BCUT2D eigenvalue weighted by atomic mass is 9.99. The summed E-state index contributed by atoms with van der Waals surface area (Å²) in [5, 5.41) is 6.93. The van der Waals surface area contributed by atoms with Crippen LogP contribution in [0.5, 0.6) is 0 Å². The molecule has 0 spiro atoms. The highest BCUT2D eigenvalue weighted by Gasteiger charge is 2.20. The Hall–Kier alpha value is -1.36. The monoisotopic (exact) mass is 224 g/mol. The molecule has 0 aliphatic rings. The Morgan fingerprint density at radius 3 is 2.75 bits per heavy atom. The predicted molar refractivity (Wildman–Crippen MR) is 64.0 cm³/mol. The number of amides is 1. The second kappa shape index (κ2) is 5.12. The van der Waals surface area contributed by atoms with Gasteiger partial charge in [0.15, 0.2) is 0 Å². The van der Waals surface area contributed by atoms with Crippen molar-refractivity contribution in [2.45, 2.75) is 33.2 Å². The van der Waals surface area contributed by atoms with Gasteiger partial charge in [-0.15, -0.1) is 0 Å². The largest absolute Gasteiger partial charge is 0.320 e. The third kappa shape index (κ3) is 2.82. The van der Waals surface area contributed by atoms with Gasteiger partial charge in [-0.3, -0.25) is 9.48 Å². The van der Waals surface area contributed by atoms with Crippen LogP contribution < -0.4 is 11.1 Å². The van der Waals surface area contributed by atoms with E-state index in [4.69, 9.17) is 5.73 Å². The van der Waals surface area contributed by atoms with E-state index in [1.807, 2.05) is 26.8 Å². The number of carbonyl (C=O) groups excluding carboxylic acids is 1. The van der Waals surface area contributed by atoms with E-state index in [0.717, 1.165) is 12.1 Å². The normalized spacial score (nSPS) is 14.6. The summed E-state index contributed by atoms with van der Waals surface area (Å²) in [6.45, 7) is 5.87. The Labute approximate surface area is 96.0 Å². The van der Waals surface area contributed by atoms with Gasteiger partial charge in [0, 0.05) is 13.1 Å². The molecule has 90 valence electrons. The lowest BCUT2D eigenvalue weighted by Crippen LogP contribution is -2.40. The van der Waals surface area contributed by atoms with Crippen molar-refractivity contribution in [2.75, 3.05) is 5.32 Å². The maximum absolute atomic E-state index is 11.8.